The summed E-state index contributed by atoms with van der Waals surface area (Å²) in [5, 5.41) is 8.82. The van der Waals surface area contributed by atoms with Crippen LogP contribution >= 0.6 is 0 Å². The maximum atomic E-state index is 13.2. The number of amides is 1. The first-order valence-corrected chi connectivity index (χ1v) is 10.6. The Hall–Kier alpha value is -3.28. The van der Waals surface area contributed by atoms with Gasteiger partial charge in [0.2, 0.25) is 5.91 Å². The first-order chi connectivity index (χ1) is 14.8. The summed E-state index contributed by atoms with van der Waals surface area (Å²) in [5.41, 5.74) is 4.41. The predicted molar refractivity (Wildman–Crippen MR) is 116 cm³/mol. The monoisotopic (exact) mass is 399 g/mol. The van der Waals surface area contributed by atoms with Gasteiger partial charge >= 0.3 is 0 Å². The van der Waals surface area contributed by atoms with Crippen molar-refractivity contribution in [2.75, 3.05) is 24.5 Å². The number of aromatic nitrogens is 3. The van der Waals surface area contributed by atoms with Gasteiger partial charge in [0.05, 0.1) is 11.6 Å². The van der Waals surface area contributed by atoms with Crippen LogP contribution in [-0.4, -0.2) is 45.6 Å². The summed E-state index contributed by atoms with van der Waals surface area (Å²) in [7, 11) is 0. The second kappa shape index (κ2) is 8.22. The number of fused-ring (bicyclic) bond motifs is 1. The van der Waals surface area contributed by atoms with Gasteiger partial charge in [0, 0.05) is 44.1 Å². The third-order valence-corrected chi connectivity index (χ3v) is 6.14. The first-order valence-electron chi connectivity index (χ1n) is 10.6. The van der Waals surface area contributed by atoms with Crippen LogP contribution in [0.3, 0.4) is 0 Å². The van der Waals surface area contributed by atoms with Crippen molar-refractivity contribution in [2.24, 2.45) is 5.92 Å². The molecule has 0 aliphatic carbocycles. The standard InChI is InChI=1S/C24H25N5O/c30-24(29-14-11-18-5-1-2-6-20(18)16-29)21-8-4-13-28(17-21)23-10-9-22(26-27-23)19-7-3-12-25-15-19/h1-3,5-7,9-10,12,15,21H,4,8,11,13-14,16-17H2. The van der Waals surface area contributed by atoms with Crippen molar-refractivity contribution in [3.05, 3.63) is 72.1 Å². The highest BCUT2D eigenvalue weighted by molar-refractivity contribution is 5.80. The predicted octanol–water partition coefficient (Wildman–Crippen LogP) is 3.34. The molecule has 0 N–H and O–H groups in total. The lowest BCUT2D eigenvalue weighted by Crippen LogP contribution is -2.46. The van der Waals surface area contributed by atoms with Crippen LogP contribution in [0.25, 0.3) is 11.3 Å². The molecular formula is C24H25N5O. The summed E-state index contributed by atoms with van der Waals surface area (Å²) in [6.45, 7) is 3.16. The minimum Gasteiger partial charge on any atom is -0.354 e. The summed E-state index contributed by atoms with van der Waals surface area (Å²) in [6.07, 6.45) is 6.41. The number of rotatable bonds is 3. The molecule has 1 atom stereocenters. The number of hydrogen-bond donors (Lipinski definition) is 0. The van der Waals surface area contributed by atoms with E-state index in [-0.39, 0.29) is 11.8 Å². The molecule has 3 aromatic rings. The van der Waals surface area contributed by atoms with Crippen LogP contribution < -0.4 is 4.90 Å². The Kier molecular flexibility index (Phi) is 5.13. The van der Waals surface area contributed by atoms with E-state index in [0.717, 1.165) is 56.0 Å². The number of nitrogens with zero attached hydrogens (tertiary/aromatic N) is 5. The van der Waals surface area contributed by atoms with Crippen LogP contribution in [0, 0.1) is 5.92 Å². The van der Waals surface area contributed by atoms with Gasteiger partial charge in [0.15, 0.2) is 5.82 Å². The van der Waals surface area contributed by atoms with E-state index in [4.69, 9.17) is 0 Å². The Morgan fingerprint density at radius 2 is 1.87 bits per heavy atom. The molecule has 5 rings (SSSR count). The third kappa shape index (κ3) is 3.77. The maximum absolute atomic E-state index is 13.2. The number of pyridine rings is 1. The van der Waals surface area contributed by atoms with Crippen LogP contribution in [0.1, 0.15) is 24.0 Å². The van der Waals surface area contributed by atoms with Crippen molar-refractivity contribution < 1.29 is 4.79 Å². The molecule has 1 saturated heterocycles. The zero-order valence-corrected chi connectivity index (χ0v) is 16.9. The molecule has 2 aromatic heterocycles. The maximum Gasteiger partial charge on any atom is 0.227 e. The van der Waals surface area contributed by atoms with Gasteiger partial charge in [-0.2, -0.15) is 0 Å². The Bertz CT molecular complexity index is 1020. The molecule has 0 radical (unpaired) electrons. The van der Waals surface area contributed by atoms with E-state index >= 15 is 0 Å². The van der Waals surface area contributed by atoms with Crippen molar-refractivity contribution in [1.82, 2.24) is 20.1 Å². The van der Waals surface area contributed by atoms with Crippen molar-refractivity contribution >= 4 is 11.7 Å². The second-order valence-corrected chi connectivity index (χ2v) is 8.08. The molecular weight excluding hydrogens is 374 g/mol. The summed E-state index contributed by atoms with van der Waals surface area (Å²) in [4.78, 5) is 21.6. The number of carbonyl (C=O) groups is 1. The number of benzene rings is 1. The zero-order valence-electron chi connectivity index (χ0n) is 16.9. The van der Waals surface area contributed by atoms with Crippen molar-refractivity contribution in [2.45, 2.75) is 25.8 Å². The molecule has 6 heteroatoms. The summed E-state index contributed by atoms with van der Waals surface area (Å²) < 4.78 is 0. The van der Waals surface area contributed by atoms with Crippen molar-refractivity contribution in [3.63, 3.8) is 0 Å². The van der Waals surface area contributed by atoms with Crippen LogP contribution in [0.2, 0.25) is 0 Å². The van der Waals surface area contributed by atoms with Gasteiger partial charge in [0.25, 0.3) is 0 Å². The summed E-state index contributed by atoms with van der Waals surface area (Å²) in [6, 6.07) is 16.3. The molecule has 1 amide bonds. The molecule has 2 aliphatic heterocycles. The van der Waals surface area contributed by atoms with E-state index < -0.39 is 0 Å². The number of carbonyl (C=O) groups excluding carboxylic acids is 1. The molecule has 0 saturated carbocycles. The van der Waals surface area contributed by atoms with E-state index in [1.807, 2.05) is 29.2 Å². The van der Waals surface area contributed by atoms with Gasteiger partial charge in [-0.15, -0.1) is 10.2 Å². The number of anilines is 1. The van der Waals surface area contributed by atoms with E-state index in [1.54, 1.807) is 12.4 Å². The molecule has 0 spiro atoms. The summed E-state index contributed by atoms with van der Waals surface area (Å²) >= 11 is 0. The fraction of sp³-hybridized carbons (Fsp3) is 0.333. The summed E-state index contributed by atoms with van der Waals surface area (Å²) in [5.74, 6) is 1.13. The molecule has 0 bridgehead atoms. The van der Waals surface area contributed by atoms with Gasteiger partial charge in [-0.1, -0.05) is 24.3 Å². The average Bonchev–Trinajstić information content (AvgIpc) is 2.84. The molecule has 30 heavy (non-hydrogen) atoms. The lowest BCUT2D eigenvalue weighted by atomic mass is 9.94. The van der Waals surface area contributed by atoms with Gasteiger partial charge in [-0.05, 0) is 54.7 Å². The zero-order chi connectivity index (χ0) is 20.3. The minimum atomic E-state index is 0.0174. The van der Waals surface area contributed by atoms with Crippen LogP contribution in [0.5, 0.6) is 0 Å². The topological polar surface area (TPSA) is 62.2 Å². The van der Waals surface area contributed by atoms with Crippen LogP contribution in [-0.2, 0) is 17.8 Å². The Labute approximate surface area is 176 Å². The van der Waals surface area contributed by atoms with Gasteiger partial charge < -0.3 is 9.80 Å². The molecule has 4 heterocycles. The van der Waals surface area contributed by atoms with E-state index in [0.29, 0.717) is 6.54 Å². The van der Waals surface area contributed by atoms with Gasteiger partial charge in [-0.3, -0.25) is 9.78 Å². The molecule has 1 unspecified atom stereocenters. The Morgan fingerprint density at radius 3 is 2.67 bits per heavy atom. The van der Waals surface area contributed by atoms with Crippen molar-refractivity contribution in [1.29, 1.82) is 0 Å². The fourth-order valence-electron chi connectivity index (χ4n) is 4.49. The minimum absolute atomic E-state index is 0.0174. The van der Waals surface area contributed by atoms with Crippen LogP contribution in [0.4, 0.5) is 5.82 Å². The van der Waals surface area contributed by atoms with E-state index in [1.165, 1.54) is 11.1 Å². The largest absolute Gasteiger partial charge is 0.354 e. The Morgan fingerprint density at radius 1 is 0.967 bits per heavy atom. The normalized spacial score (nSPS) is 18.7. The molecule has 1 fully saturated rings. The molecule has 6 nitrogen and oxygen atoms in total. The first kappa shape index (κ1) is 18.7. The second-order valence-electron chi connectivity index (χ2n) is 8.08. The molecule has 1 aromatic carbocycles. The third-order valence-electron chi connectivity index (χ3n) is 6.14. The Balaban J connectivity index is 1.26. The number of hydrogen-bond acceptors (Lipinski definition) is 5. The van der Waals surface area contributed by atoms with E-state index in [2.05, 4.69) is 44.3 Å². The quantitative estimate of drug-likeness (QED) is 0.676. The highest BCUT2D eigenvalue weighted by atomic mass is 16.2. The van der Waals surface area contributed by atoms with E-state index in [9.17, 15) is 4.79 Å². The molecule has 152 valence electrons. The van der Waals surface area contributed by atoms with Crippen molar-refractivity contribution in [3.8, 4) is 11.3 Å². The number of piperidine rings is 1. The fourth-order valence-corrected chi connectivity index (χ4v) is 4.49. The lowest BCUT2D eigenvalue weighted by Gasteiger charge is -2.37. The van der Waals surface area contributed by atoms with Gasteiger partial charge in [0.1, 0.15) is 0 Å². The average molecular weight is 399 g/mol. The smallest absolute Gasteiger partial charge is 0.227 e. The lowest BCUT2D eigenvalue weighted by molar-refractivity contribution is -0.136. The highest BCUT2D eigenvalue weighted by Gasteiger charge is 2.31. The van der Waals surface area contributed by atoms with Crippen LogP contribution in [0.15, 0.2) is 60.9 Å². The highest BCUT2D eigenvalue weighted by Crippen LogP contribution is 2.26. The molecule has 2 aliphatic rings. The van der Waals surface area contributed by atoms with Gasteiger partial charge in [-0.25, -0.2) is 0 Å². The SMILES string of the molecule is O=C(C1CCCN(c2ccc(-c3cccnc3)nn2)C1)N1CCc2ccccc2C1.